The first kappa shape index (κ1) is 14.9. The van der Waals surface area contributed by atoms with Crippen molar-refractivity contribution in [3.8, 4) is 11.4 Å². The van der Waals surface area contributed by atoms with Gasteiger partial charge in [-0.3, -0.25) is 14.9 Å². The number of hydrogen-bond acceptors (Lipinski definition) is 5. The Balaban J connectivity index is 2.40. The second-order valence-corrected chi connectivity index (χ2v) is 4.54. The average Bonchev–Trinajstić information content (AvgIpc) is 2.47. The van der Waals surface area contributed by atoms with Crippen molar-refractivity contribution in [3.05, 3.63) is 56.5 Å². The lowest BCUT2D eigenvalue weighted by Gasteiger charge is -2.06. The quantitative estimate of drug-likeness (QED) is 0.480. The molecule has 21 heavy (non-hydrogen) atoms. The summed E-state index contributed by atoms with van der Waals surface area (Å²) >= 11 is 0. The number of aromatic nitrogens is 2. The molecular formula is C14H16N4O3. The van der Waals surface area contributed by atoms with Crippen molar-refractivity contribution in [1.29, 1.82) is 0 Å². The topological polar surface area (TPSA) is 101 Å². The van der Waals surface area contributed by atoms with Gasteiger partial charge in [0.05, 0.1) is 16.2 Å². The minimum atomic E-state index is -0.489. The van der Waals surface area contributed by atoms with Gasteiger partial charge in [-0.25, -0.2) is 4.98 Å². The van der Waals surface area contributed by atoms with E-state index in [1.807, 2.05) is 6.92 Å². The molecule has 0 spiro atoms. The third kappa shape index (κ3) is 3.73. The molecule has 0 saturated heterocycles. The number of para-hydroxylation sites is 1. The zero-order chi connectivity index (χ0) is 15.2. The Labute approximate surface area is 121 Å². The van der Waals surface area contributed by atoms with Crippen molar-refractivity contribution in [1.82, 2.24) is 15.3 Å². The lowest BCUT2D eigenvalue weighted by Crippen LogP contribution is -2.18. The number of nitrogens with one attached hydrogen (secondary N) is 2. The smallest absolute Gasteiger partial charge is 0.280 e. The van der Waals surface area contributed by atoms with E-state index in [1.165, 1.54) is 12.1 Å². The first-order valence-electron chi connectivity index (χ1n) is 6.66. The molecule has 0 saturated carbocycles. The highest BCUT2D eigenvalue weighted by Crippen LogP contribution is 2.25. The van der Waals surface area contributed by atoms with Crippen LogP contribution in [0.2, 0.25) is 0 Å². The van der Waals surface area contributed by atoms with Crippen molar-refractivity contribution in [2.75, 3.05) is 6.54 Å². The lowest BCUT2D eigenvalue weighted by atomic mass is 10.1. The summed E-state index contributed by atoms with van der Waals surface area (Å²) in [6.07, 6.45) is 0.972. The largest absolute Gasteiger partial charge is 0.311 e. The van der Waals surface area contributed by atoms with Crippen LogP contribution in [-0.4, -0.2) is 21.4 Å². The third-order valence-corrected chi connectivity index (χ3v) is 2.88. The van der Waals surface area contributed by atoms with Crippen molar-refractivity contribution >= 4 is 5.69 Å². The standard InChI is InChI=1S/C14H16N4O3/c1-2-7-15-9-10-8-13(19)17-14(16-10)11-5-3-4-6-12(11)18(20)21/h3-6,8,15H,2,7,9H2,1H3,(H,16,17,19). The second-order valence-electron chi connectivity index (χ2n) is 4.54. The summed E-state index contributed by atoms with van der Waals surface area (Å²) in [5, 5.41) is 14.2. The Bertz CT molecular complexity index is 697. The summed E-state index contributed by atoms with van der Waals surface area (Å²) in [7, 11) is 0. The lowest BCUT2D eigenvalue weighted by molar-refractivity contribution is -0.384. The molecule has 1 aromatic heterocycles. The van der Waals surface area contributed by atoms with Gasteiger partial charge in [-0.2, -0.15) is 0 Å². The fourth-order valence-electron chi connectivity index (χ4n) is 1.95. The van der Waals surface area contributed by atoms with E-state index in [0.717, 1.165) is 13.0 Å². The van der Waals surface area contributed by atoms with E-state index in [4.69, 9.17) is 0 Å². The Morgan fingerprint density at radius 1 is 1.38 bits per heavy atom. The highest BCUT2D eigenvalue weighted by Gasteiger charge is 2.16. The molecule has 2 rings (SSSR count). The van der Waals surface area contributed by atoms with Crippen LogP contribution in [0.25, 0.3) is 11.4 Å². The molecule has 7 heteroatoms. The summed E-state index contributed by atoms with van der Waals surface area (Å²) in [4.78, 5) is 29.1. The first-order valence-corrected chi connectivity index (χ1v) is 6.66. The predicted octanol–water partition coefficient (Wildman–Crippen LogP) is 1.84. The van der Waals surface area contributed by atoms with Gasteiger partial charge in [0.1, 0.15) is 5.82 Å². The zero-order valence-electron chi connectivity index (χ0n) is 11.6. The summed E-state index contributed by atoms with van der Waals surface area (Å²) < 4.78 is 0. The molecule has 2 N–H and O–H groups in total. The molecule has 0 atom stereocenters. The van der Waals surface area contributed by atoms with Crippen LogP contribution in [0.15, 0.2) is 35.1 Å². The number of benzene rings is 1. The monoisotopic (exact) mass is 288 g/mol. The fourth-order valence-corrected chi connectivity index (χ4v) is 1.95. The van der Waals surface area contributed by atoms with Crippen LogP contribution in [0, 0.1) is 10.1 Å². The van der Waals surface area contributed by atoms with Gasteiger partial charge >= 0.3 is 0 Å². The minimum Gasteiger partial charge on any atom is -0.311 e. The highest BCUT2D eigenvalue weighted by atomic mass is 16.6. The molecule has 0 aliphatic rings. The number of rotatable bonds is 6. The van der Waals surface area contributed by atoms with E-state index < -0.39 is 4.92 Å². The van der Waals surface area contributed by atoms with Crippen molar-refractivity contribution in [2.45, 2.75) is 19.9 Å². The molecule has 2 aromatic rings. The average molecular weight is 288 g/mol. The minimum absolute atomic E-state index is 0.0840. The molecule has 0 unspecified atom stereocenters. The number of nitrogens with zero attached hydrogens (tertiary/aromatic N) is 2. The Morgan fingerprint density at radius 3 is 2.86 bits per heavy atom. The summed E-state index contributed by atoms with van der Waals surface area (Å²) in [5.41, 5.74) is 0.447. The van der Waals surface area contributed by atoms with Crippen molar-refractivity contribution in [2.24, 2.45) is 0 Å². The maximum absolute atomic E-state index is 11.7. The molecule has 0 aliphatic heterocycles. The molecule has 0 amide bonds. The number of aromatic amines is 1. The maximum atomic E-state index is 11.7. The van der Waals surface area contributed by atoms with Gasteiger partial charge in [0.2, 0.25) is 0 Å². The van der Waals surface area contributed by atoms with Gasteiger partial charge in [0.15, 0.2) is 0 Å². The van der Waals surface area contributed by atoms with Crippen LogP contribution in [0.5, 0.6) is 0 Å². The van der Waals surface area contributed by atoms with Gasteiger partial charge in [-0.05, 0) is 19.0 Å². The van der Waals surface area contributed by atoms with Crippen LogP contribution >= 0.6 is 0 Å². The molecule has 0 radical (unpaired) electrons. The van der Waals surface area contributed by atoms with E-state index in [2.05, 4.69) is 15.3 Å². The second kappa shape index (κ2) is 6.76. The van der Waals surface area contributed by atoms with Crippen LogP contribution in [0.1, 0.15) is 19.0 Å². The van der Waals surface area contributed by atoms with Crippen molar-refractivity contribution < 1.29 is 4.92 Å². The van der Waals surface area contributed by atoms with E-state index >= 15 is 0 Å². The maximum Gasteiger partial charge on any atom is 0.280 e. The Morgan fingerprint density at radius 2 is 2.14 bits per heavy atom. The number of hydrogen-bond donors (Lipinski definition) is 2. The summed E-state index contributed by atoms with van der Waals surface area (Å²) in [5.74, 6) is 0.211. The molecule has 0 bridgehead atoms. The number of nitro groups is 1. The summed E-state index contributed by atoms with van der Waals surface area (Å²) in [6.45, 7) is 3.30. The molecule has 1 aromatic carbocycles. The van der Waals surface area contributed by atoms with Crippen molar-refractivity contribution in [3.63, 3.8) is 0 Å². The predicted molar refractivity (Wildman–Crippen MR) is 78.9 cm³/mol. The zero-order valence-corrected chi connectivity index (χ0v) is 11.6. The van der Waals surface area contributed by atoms with Crippen LogP contribution in [-0.2, 0) is 6.54 Å². The number of H-pyrrole nitrogens is 1. The van der Waals surface area contributed by atoms with Gasteiger partial charge in [0, 0.05) is 18.7 Å². The summed E-state index contributed by atoms with van der Waals surface area (Å²) in [6, 6.07) is 7.59. The van der Waals surface area contributed by atoms with Gasteiger partial charge in [0.25, 0.3) is 11.2 Å². The molecule has 0 fully saturated rings. The SMILES string of the molecule is CCCNCc1cc(=O)[nH]c(-c2ccccc2[N+](=O)[O-])n1. The molecule has 1 heterocycles. The van der Waals surface area contributed by atoms with E-state index in [-0.39, 0.29) is 17.1 Å². The molecule has 0 aliphatic carbocycles. The van der Waals surface area contributed by atoms with E-state index in [1.54, 1.807) is 18.2 Å². The first-order chi connectivity index (χ1) is 10.1. The molecule has 7 nitrogen and oxygen atoms in total. The van der Waals surface area contributed by atoms with E-state index in [0.29, 0.717) is 17.8 Å². The molecular weight excluding hydrogens is 272 g/mol. The third-order valence-electron chi connectivity index (χ3n) is 2.88. The van der Waals surface area contributed by atoms with Crippen LogP contribution in [0.3, 0.4) is 0 Å². The van der Waals surface area contributed by atoms with Gasteiger partial charge in [-0.15, -0.1) is 0 Å². The normalized spacial score (nSPS) is 10.5. The molecule has 110 valence electrons. The van der Waals surface area contributed by atoms with Crippen LogP contribution < -0.4 is 10.9 Å². The Kier molecular flexibility index (Phi) is 4.78. The Hall–Kier alpha value is -2.54. The van der Waals surface area contributed by atoms with Gasteiger partial charge < -0.3 is 10.3 Å². The highest BCUT2D eigenvalue weighted by molar-refractivity contribution is 5.67. The number of nitro benzene ring substituents is 1. The van der Waals surface area contributed by atoms with Gasteiger partial charge in [-0.1, -0.05) is 19.1 Å². The van der Waals surface area contributed by atoms with Crippen LogP contribution in [0.4, 0.5) is 5.69 Å². The van der Waals surface area contributed by atoms with E-state index in [9.17, 15) is 14.9 Å². The fraction of sp³-hybridized carbons (Fsp3) is 0.286.